The fourth-order valence-electron chi connectivity index (χ4n) is 4.41. The number of hydrogen-bond acceptors (Lipinski definition) is 2. The molecule has 0 saturated carbocycles. The van der Waals surface area contributed by atoms with Gasteiger partial charge in [0.15, 0.2) is 75.6 Å². The van der Waals surface area contributed by atoms with Crippen molar-refractivity contribution in [1.82, 2.24) is 0 Å². The first-order valence-corrected chi connectivity index (χ1v) is 11.8. The monoisotopic (exact) mass is 658 g/mol. The minimum absolute atomic E-state index is 0.0722. The molecule has 1 unspecified atom stereocenters. The zero-order chi connectivity index (χ0) is 33.2. The molecule has 0 bridgehead atoms. The van der Waals surface area contributed by atoms with Gasteiger partial charge in [-0.25, -0.2) is 65.9 Å². The minimum Gasteiger partial charge on any atom is -0.530 e. The van der Waals surface area contributed by atoms with Crippen LogP contribution in [0.4, 0.5) is 65.9 Å². The van der Waals surface area contributed by atoms with Crippen molar-refractivity contribution in [3.05, 3.63) is 123 Å². The van der Waals surface area contributed by atoms with Gasteiger partial charge in [-0.3, -0.25) is 0 Å². The lowest BCUT2D eigenvalue weighted by atomic mass is 9.72. The highest BCUT2D eigenvalue weighted by molar-refractivity contribution is 6.64. The zero-order valence-electron chi connectivity index (χ0n) is 21.0. The molecule has 5 rings (SSSR count). The highest BCUT2D eigenvalue weighted by Gasteiger charge is 2.46. The maximum absolute atomic E-state index is 15.4. The van der Waals surface area contributed by atoms with Crippen molar-refractivity contribution < 1.29 is 75.2 Å². The topological polar surface area (TPSA) is 18.5 Å². The molecule has 0 fully saturated rings. The average molecular weight is 658 g/mol. The second-order valence-corrected chi connectivity index (χ2v) is 9.02. The molecule has 4 aromatic rings. The molecule has 234 valence electrons. The van der Waals surface area contributed by atoms with Gasteiger partial charge in [0.2, 0.25) is 5.82 Å². The Morgan fingerprint density at radius 2 is 1.02 bits per heavy atom. The van der Waals surface area contributed by atoms with Crippen LogP contribution < -0.4 is 10.1 Å². The Morgan fingerprint density at radius 1 is 0.489 bits per heavy atom. The maximum atomic E-state index is 15.4. The summed E-state index contributed by atoms with van der Waals surface area (Å²) in [5, 5.41) is 0. The van der Waals surface area contributed by atoms with E-state index in [9.17, 15) is 52.7 Å². The Bertz CT molecular complexity index is 1920. The number of halogens is 15. The lowest BCUT2D eigenvalue weighted by Crippen LogP contribution is -2.45. The molecule has 0 N–H and O–H groups in total. The molecule has 1 aliphatic carbocycles. The van der Waals surface area contributed by atoms with Crippen LogP contribution in [0, 0.1) is 75.6 Å². The largest absolute Gasteiger partial charge is 0.567 e. The molecule has 1 atom stereocenters. The highest BCUT2D eigenvalue weighted by Crippen LogP contribution is 2.46. The third-order valence-electron chi connectivity index (χ3n) is 6.46. The van der Waals surface area contributed by atoms with Gasteiger partial charge in [-0.2, -0.15) is 0 Å². The van der Waals surface area contributed by atoms with Gasteiger partial charge >= 0.3 is 7.12 Å². The van der Waals surface area contributed by atoms with E-state index in [0.717, 1.165) is 0 Å². The number of rotatable bonds is 6. The van der Waals surface area contributed by atoms with E-state index in [0.29, 0.717) is 24.3 Å². The van der Waals surface area contributed by atoms with Crippen molar-refractivity contribution in [3.63, 3.8) is 0 Å². The standard InChI is InChI=1S/C27H6BF15O2/c29-6-1-4-10(9(31)5-6)44-28(45-27-7-2-3-8(30)15(32)11(7)16(33)26(27)43)14-12(17(34)21(38)24(41)20(14)37)13-18(35)22(39)25(42)23(40)19(13)36/h1-5,27H. The van der Waals surface area contributed by atoms with Crippen LogP contribution in [-0.2, 0) is 4.65 Å². The van der Waals surface area contributed by atoms with E-state index < -0.39 is 134 Å². The molecular weight excluding hydrogens is 652 g/mol. The second-order valence-electron chi connectivity index (χ2n) is 9.02. The first-order valence-electron chi connectivity index (χ1n) is 11.8. The smallest absolute Gasteiger partial charge is 0.530 e. The van der Waals surface area contributed by atoms with E-state index in [1.807, 2.05) is 0 Å². The summed E-state index contributed by atoms with van der Waals surface area (Å²) in [6.45, 7) is 0. The average Bonchev–Trinajstić information content (AvgIpc) is 3.24. The summed E-state index contributed by atoms with van der Waals surface area (Å²) in [4.78, 5) is 0. The first-order chi connectivity index (χ1) is 21.1. The van der Waals surface area contributed by atoms with Crippen molar-refractivity contribution in [2.75, 3.05) is 0 Å². The van der Waals surface area contributed by atoms with Crippen LogP contribution in [0.5, 0.6) is 5.75 Å². The molecule has 1 aliphatic rings. The molecule has 0 aromatic heterocycles. The second kappa shape index (κ2) is 11.4. The van der Waals surface area contributed by atoms with Gasteiger partial charge in [-0.05, 0) is 23.8 Å². The normalized spacial score (nSPS) is 14.3. The van der Waals surface area contributed by atoms with Gasteiger partial charge in [0.05, 0.1) is 11.1 Å². The van der Waals surface area contributed by atoms with Gasteiger partial charge < -0.3 is 9.31 Å². The van der Waals surface area contributed by atoms with Crippen molar-refractivity contribution in [2.24, 2.45) is 0 Å². The Balaban J connectivity index is 1.84. The van der Waals surface area contributed by atoms with Crippen LogP contribution in [0.3, 0.4) is 0 Å². The minimum atomic E-state index is -3.30. The summed E-state index contributed by atoms with van der Waals surface area (Å²) in [6.07, 6.45) is -2.75. The van der Waals surface area contributed by atoms with Crippen LogP contribution in [0.2, 0.25) is 0 Å². The maximum Gasteiger partial charge on any atom is 0.567 e. The summed E-state index contributed by atoms with van der Waals surface area (Å²) in [5.74, 6) is -38.2. The van der Waals surface area contributed by atoms with Gasteiger partial charge in [-0.1, -0.05) is 6.07 Å². The lowest BCUT2D eigenvalue weighted by Gasteiger charge is -2.24. The van der Waals surface area contributed by atoms with Crippen molar-refractivity contribution in [2.45, 2.75) is 6.10 Å². The molecule has 0 radical (unpaired) electrons. The summed E-state index contributed by atoms with van der Waals surface area (Å²) >= 11 is 0. The number of hydrogen-bond donors (Lipinski definition) is 0. The molecular formula is C27H6BF15O2. The Kier molecular flexibility index (Phi) is 8.05. The predicted octanol–water partition coefficient (Wildman–Crippen LogP) is 8.32. The highest BCUT2D eigenvalue weighted by atomic mass is 19.2. The van der Waals surface area contributed by atoms with E-state index in [1.54, 1.807) is 0 Å². The lowest BCUT2D eigenvalue weighted by molar-refractivity contribution is 0.187. The van der Waals surface area contributed by atoms with Crippen LogP contribution >= 0.6 is 0 Å². The number of benzene rings is 4. The fraction of sp³-hybridized carbons (Fsp3) is 0.0370. The van der Waals surface area contributed by atoms with Crippen LogP contribution in [0.25, 0.3) is 17.0 Å². The van der Waals surface area contributed by atoms with E-state index in [2.05, 4.69) is 0 Å². The van der Waals surface area contributed by atoms with Crippen LogP contribution in [0.15, 0.2) is 36.2 Å². The van der Waals surface area contributed by atoms with E-state index >= 15 is 13.2 Å². The molecule has 2 nitrogen and oxygen atoms in total. The number of fused-ring (bicyclic) bond motifs is 1. The molecule has 0 spiro atoms. The van der Waals surface area contributed by atoms with Gasteiger partial charge in [0.1, 0.15) is 17.7 Å². The summed E-state index contributed by atoms with van der Waals surface area (Å²) < 4.78 is 227. The zero-order valence-corrected chi connectivity index (χ0v) is 21.0. The molecule has 0 saturated heterocycles. The molecule has 0 amide bonds. The van der Waals surface area contributed by atoms with Crippen molar-refractivity contribution in [1.29, 1.82) is 0 Å². The van der Waals surface area contributed by atoms with E-state index in [4.69, 9.17) is 9.31 Å². The predicted molar refractivity (Wildman–Crippen MR) is 123 cm³/mol. The Morgan fingerprint density at radius 3 is 1.60 bits per heavy atom. The first kappa shape index (κ1) is 31.8. The third kappa shape index (κ3) is 4.96. The third-order valence-corrected chi connectivity index (χ3v) is 6.46. The Labute approximate surface area is 240 Å². The SMILES string of the molecule is FC1=C(F)C(OB(Oc2ccc(F)cc2F)c2c(F)c(F)c(F)c(F)c2-c2c(F)c(F)c(F)c(F)c2F)c2ccc(F)c(F)c21. The summed E-state index contributed by atoms with van der Waals surface area (Å²) in [5.41, 5.74) is -9.42. The van der Waals surface area contributed by atoms with Crippen molar-refractivity contribution in [3.8, 4) is 16.9 Å². The van der Waals surface area contributed by atoms with Gasteiger partial charge in [-0.15, -0.1) is 0 Å². The Hall–Kier alpha value is -4.61. The summed E-state index contributed by atoms with van der Waals surface area (Å²) in [7, 11) is -3.30. The van der Waals surface area contributed by atoms with Crippen LogP contribution in [0.1, 0.15) is 17.2 Å². The quantitative estimate of drug-likeness (QED) is 0.0899. The molecule has 4 aromatic carbocycles. The van der Waals surface area contributed by atoms with Gasteiger partial charge in [0.25, 0.3) is 0 Å². The van der Waals surface area contributed by atoms with Gasteiger partial charge in [0, 0.05) is 17.1 Å². The summed E-state index contributed by atoms with van der Waals surface area (Å²) in [6, 6.07) is 1.66. The molecule has 0 aliphatic heterocycles. The fourth-order valence-corrected chi connectivity index (χ4v) is 4.41. The molecule has 0 heterocycles. The molecule has 45 heavy (non-hydrogen) atoms. The molecule has 18 heteroatoms. The van der Waals surface area contributed by atoms with E-state index in [-0.39, 0.29) is 6.07 Å². The van der Waals surface area contributed by atoms with E-state index in [1.165, 1.54) is 0 Å². The van der Waals surface area contributed by atoms with Crippen LogP contribution in [-0.4, -0.2) is 7.12 Å². The van der Waals surface area contributed by atoms with Crippen molar-refractivity contribution >= 4 is 18.4 Å².